The van der Waals surface area contributed by atoms with Gasteiger partial charge < -0.3 is 9.73 Å². The van der Waals surface area contributed by atoms with Crippen LogP contribution in [0.2, 0.25) is 0 Å². The lowest BCUT2D eigenvalue weighted by molar-refractivity contribution is 0.283. The summed E-state index contributed by atoms with van der Waals surface area (Å²) >= 11 is 0. The van der Waals surface area contributed by atoms with Crippen LogP contribution in [0.25, 0.3) is 11.5 Å². The van der Waals surface area contributed by atoms with Crippen LogP contribution in [0.5, 0.6) is 0 Å². The standard InChI is InChI=1S/C20H23N5O/c1-15-7-8-18(21-11-15)22-12-16-9-10-25(13-16)14-19-23-24-20(26-19)17-5-3-2-4-6-17/h2-8,11,16H,9-10,12-14H2,1H3,(H,21,22)/t16-/m1/s1. The first-order valence-electron chi connectivity index (χ1n) is 9.03. The molecule has 2 aromatic heterocycles. The van der Waals surface area contributed by atoms with E-state index in [1.807, 2.05) is 49.5 Å². The Labute approximate surface area is 153 Å². The Morgan fingerprint density at radius 1 is 1.15 bits per heavy atom. The van der Waals surface area contributed by atoms with Crippen LogP contribution in [0.4, 0.5) is 5.82 Å². The van der Waals surface area contributed by atoms with Gasteiger partial charge in [0.1, 0.15) is 5.82 Å². The van der Waals surface area contributed by atoms with Gasteiger partial charge >= 0.3 is 0 Å². The molecule has 3 heterocycles. The SMILES string of the molecule is Cc1ccc(NC[C@H]2CCN(Cc3nnc(-c4ccccc4)o3)C2)nc1. The Balaban J connectivity index is 1.28. The number of likely N-dealkylation sites (tertiary alicyclic amines) is 1. The third-order valence-electron chi connectivity index (χ3n) is 4.70. The van der Waals surface area contributed by atoms with Crippen molar-refractivity contribution in [1.82, 2.24) is 20.1 Å². The average Bonchev–Trinajstić information content (AvgIpc) is 3.32. The molecule has 26 heavy (non-hydrogen) atoms. The highest BCUT2D eigenvalue weighted by atomic mass is 16.4. The van der Waals surface area contributed by atoms with Crippen LogP contribution in [0, 0.1) is 12.8 Å². The maximum atomic E-state index is 5.82. The van der Waals surface area contributed by atoms with E-state index in [9.17, 15) is 0 Å². The molecule has 1 aromatic carbocycles. The zero-order chi connectivity index (χ0) is 17.8. The van der Waals surface area contributed by atoms with E-state index < -0.39 is 0 Å². The molecule has 0 saturated carbocycles. The Hall–Kier alpha value is -2.73. The van der Waals surface area contributed by atoms with Gasteiger partial charge in [-0.2, -0.15) is 0 Å². The molecule has 1 aliphatic rings. The second-order valence-corrected chi connectivity index (χ2v) is 6.86. The zero-order valence-corrected chi connectivity index (χ0v) is 14.9. The average molecular weight is 349 g/mol. The fourth-order valence-electron chi connectivity index (χ4n) is 3.25. The number of hydrogen-bond donors (Lipinski definition) is 1. The molecule has 1 fully saturated rings. The molecular weight excluding hydrogens is 326 g/mol. The van der Waals surface area contributed by atoms with Crippen molar-refractivity contribution in [2.45, 2.75) is 19.9 Å². The van der Waals surface area contributed by atoms with Gasteiger partial charge in [-0.25, -0.2) is 4.98 Å². The molecule has 0 unspecified atom stereocenters. The van der Waals surface area contributed by atoms with Gasteiger partial charge in [-0.3, -0.25) is 4.90 Å². The van der Waals surface area contributed by atoms with Crippen LogP contribution < -0.4 is 5.32 Å². The molecule has 6 heteroatoms. The molecule has 0 bridgehead atoms. The molecule has 1 atom stereocenters. The zero-order valence-electron chi connectivity index (χ0n) is 14.9. The smallest absolute Gasteiger partial charge is 0.247 e. The van der Waals surface area contributed by atoms with Gasteiger partial charge in [0.05, 0.1) is 6.54 Å². The van der Waals surface area contributed by atoms with Gasteiger partial charge in [-0.1, -0.05) is 24.3 Å². The normalized spacial score (nSPS) is 17.5. The summed E-state index contributed by atoms with van der Waals surface area (Å²) in [5.74, 6) is 2.81. The Morgan fingerprint density at radius 2 is 2.04 bits per heavy atom. The van der Waals surface area contributed by atoms with Gasteiger partial charge in [0, 0.05) is 24.8 Å². The summed E-state index contributed by atoms with van der Waals surface area (Å²) in [7, 11) is 0. The van der Waals surface area contributed by atoms with Crippen molar-refractivity contribution in [3.8, 4) is 11.5 Å². The third-order valence-corrected chi connectivity index (χ3v) is 4.70. The van der Waals surface area contributed by atoms with Crippen LogP contribution in [0.15, 0.2) is 53.1 Å². The molecule has 134 valence electrons. The number of hydrogen-bond acceptors (Lipinski definition) is 6. The first-order chi connectivity index (χ1) is 12.8. The van der Waals surface area contributed by atoms with Crippen LogP contribution >= 0.6 is 0 Å². The van der Waals surface area contributed by atoms with Crippen LogP contribution in [-0.4, -0.2) is 39.7 Å². The fraction of sp³-hybridized carbons (Fsp3) is 0.350. The van der Waals surface area contributed by atoms with Crippen LogP contribution in [-0.2, 0) is 6.54 Å². The predicted molar refractivity (Wildman–Crippen MR) is 101 cm³/mol. The number of anilines is 1. The molecule has 0 amide bonds. The summed E-state index contributed by atoms with van der Waals surface area (Å²) in [5.41, 5.74) is 2.14. The molecule has 1 saturated heterocycles. The van der Waals surface area contributed by atoms with Crippen molar-refractivity contribution in [2.24, 2.45) is 5.92 Å². The van der Waals surface area contributed by atoms with Crippen molar-refractivity contribution in [2.75, 3.05) is 25.0 Å². The number of nitrogens with one attached hydrogen (secondary N) is 1. The van der Waals surface area contributed by atoms with Crippen LogP contribution in [0.3, 0.4) is 0 Å². The minimum absolute atomic E-state index is 0.587. The van der Waals surface area contributed by atoms with E-state index in [4.69, 9.17) is 4.42 Å². The maximum Gasteiger partial charge on any atom is 0.247 e. The van der Waals surface area contributed by atoms with Crippen molar-refractivity contribution in [3.63, 3.8) is 0 Å². The molecular formula is C20H23N5O. The number of pyridine rings is 1. The topological polar surface area (TPSA) is 67.1 Å². The fourth-order valence-corrected chi connectivity index (χ4v) is 3.25. The van der Waals surface area contributed by atoms with E-state index in [0.717, 1.165) is 31.0 Å². The number of aryl methyl sites for hydroxylation is 1. The lowest BCUT2D eigenvalue weighted by Gasteiger charge is -2.14. The molecule has 1 N–H and O–H groups in total. The number of benzene rings is 1. The molecule has 6 nitrogen and oxygen atoms in total. The summed E-state index contributed by atoms with van der Waals surface area (Å²) in [4.78, 5) is 6.77. The number of aromatic nitrogens is 3. The van der Waals surface area contributed by atoms with E-state index in [2.05, 4.69) is 31.5 Å². The minimum Gasteiger partial charge on any atom is -0.419 e. The first-order valence-corrected chi connectivity index (χ1v) is 9.03. The number of nitrogens with zero attached hydrogens (tertiary/aromatic N) is 4. The first kappa shape index (κ1) is 16.7. The summed E-state index contributed by atoms with van der Waals surface area (Å²) in [6, 6.07) is 14.0. The van der Waals surface area contributed by atoms with Gasteiger partial charge in [-0.15, -0.1) is 10.2 Å². The van der Waals surface area contributed by atoms with E-state index in [-0.39, 0.29) is 0 Å². The monoisotopic (exact) mass is 349 g/mol. The Kier molecular flexibility index (Phi) is 4.93. The molecule has 0 radical (unpaired) electrons. The van der Waals surface area contributed by atoms with Gasteiger partial charge in [0.25, 0.3) is 0 Å². The van der Waals surface area contributed by atoms with E-state index in [0.29, 0.717) is 24.2 Å². The Morgan fingerprint density at radius 3 is 2.85 bits per heavy atom. The van der Waals surface area contributed by atoms with Crippen molar-refractivity contribution >= 4 is 5.82 Å². The number of rotatable bonds is 6. The third kappa shape index (κ3) is 4.08. The molecule has 4 rings (SSSR count). The summed E-state index contributed by atoms with van der Waals surface area (Å²) in [6.07, 6.45) is 3.06. The predicted octanol–water partition coefficient (Wildman–Crippen LogP) is 3.37. The second kappa shape index (κ2) is 7.66. The van der Waals surface area contributed by atoms with Crippen LogP contribution in [0.1, 0.15) is 17.9 Å². The van der Waals surface area contributed by atoms with E-state index >= 15 is 0 Å². The molecule has 0 spiro atoms. The Bertz CT molecular complexity index is 831. The minimum atomic E-state index is 0.587. The highest BCUT2D eigenvalue weighted by Crippen LogP contribution is 2.21. The highest BCUT2D eigenvalue weighted by molar-refractivity contribution is 5.51. The van der Waals surface area contributed by atoms with Gasteiger partial charge in [0.2, 0.25) is 11.8 Å². The maximum absolute atomic E-state index is 5.82. The van der Waals surface area contributed by atoms with Crippen molar-refractivity contribution in [3.05, 3.63) is 60.1 Å². The largest absolute Gasteiger partial charge is 0.419 e. The highest BCUT2D eigenvalue weighted by Gasteiger charge is 2.24. The van der Waals surface area contributed by atoms with Crippen molar-refractivity contribution < 1.29 is 4.42 Å². The molecule has 0 aliphatic carbocycles. The second-order valence-electron chi connectivity index (χ2n) is 6.86. The van der Waals surface area contributed by atoms with E-state index in [1.54, 1.807) is 0 Å². The van der Waals surface area contributed by atoms with Gasteiger partial charge in [0.15, 0.2) is 0 Å². The summed E-state index contributed by atoms with van der Waals surface area (Å²) < 4.78 is 5.82. The van der Waals surface area contributed by atoms with Gasteiger partial charge in [-0.05, 0) is 49.6 Å². The summed E-state index contributed by atoms with van der Waals surface area (Å²) in [6.45, 7) is 5.77. The lowest BCUT2D eigenvalue weighted by atomic mass is 10.1. The lowest BCUT2D eigenvalue weighted by Crippen LogP contribution is -2.23. The molecule has 1 aliphatic heterocycles. The summed E-state index contributed by atoms with van der Waals surface area (Å²) in [5, 5.41) is 11.8. The molecule has 3 aromatic rings. The quantitative estimate of drug-likeness (QED) is 0.736. The van der Waals surface area contributed by atoms with Crippen molar-refractivity contribution in [1.29, 1.82) is 0 Å². The van der Waals surface area contributed by atoms with E-state index in [1.165, 1.54) is 12.0 Å².